The van der Waals surface area contributed by atoms with Crippen LogP contribution in [-0.4, -0.2) is 50.3 Å². The topological polar surface area (TPSA) is 48.0 Å². The first-order valence-electron chi connectivity index (χ1n) is 9.58. The first-order valence-corrected chi connectivity index (χ1v) is 9.58. The van der Waals surface area contributed by atoms with Gasteiger partial charge in [-0.1, -0.05) is 20.8 Å². The molecule has 0 aliphatic heterocycles. The van der Waals surface area contributed by atoms with Crippen LogP contribution in [-0.2, 0) is 4.74 Å². The van der Waals surface area contributed by atoms with Crippen LogP contribution in [0.1, 0.15) is 64.7 Å². The number of carbonyl (C=O) groups excluding carboxylic acids is 1. The zero-order valence-corrected chi connectivity index (χ0v) is 17.8. The van der Waals surface area contributed by atoms with Crippen molar-refractivity contribution in [3.63, 3.8) is 0 Å². The number of nitrogens with zero attached hydrogens (tertiary/aromatic N) is 1. The van der Waals surface area contributed by atoms with Crippen molar-refractivity contribution in [3.8, 4) is 11.5 Å². The molecule has 150 valence electrons. The molecule has 0 aliphatic rings. The van der Waals surface area contributed by atoms with Crippen molar-refractivity contribution >= 4 is 5.91 Å². The van der Waals surface area contributed by atoms with Crippen molar-refractivity contribution in [3.05, 3.63) is 23.8 Å². The van der Waals surface area contributed by atoms with Gasteiger partial charge in [0.1, 0.15) is 0 Å². The van der Waals surface area contributed by atoms with Gasteiger partial charge in [-0.05, 0) is 45.4 Å². The lowest BCUT2D eigenvalue weighted by Crippen LogP contribution is -2.43. The number of carbonyl (C=O) groups is 1. The van der Waals surface area contributed by atoms with Gasteiger partial charge in [-0.2, -0.15) is 0 Å². The molecule has 0 aliphatic carbocycles. The largest absolute Gasteiger partial charge is 0.493 e. The Hall–Kier alpha value is -1.75. The predicted octanol–water partition coefficient (Wildman–Crippen LogP) is 4.79. The molecule has 0 saturated heterocycles. The van der Waals surface area contributed by atoms with E-state index < -0.39 is 0 Å². The van der Waals surface area contributed by atoms with Crippen molar-refractivity contribution in [1.29, 1.82) is 0 Å². The van der Waals surface area contributed by atoms with Crippen molar-refractivity contribution < 1.29 is 19.0 Å². The number of methoxy groups -OCH3 is 2. The van der Waals surface area contributed by atoms with Crippen LogP contribution in [0, 0.1) is 0 Å². The van der Waals surface area contributed by atoms with E-state index in [0.717, 1.165) is 12.8 Å². The van der Waals surface area contributed by atoms with Crippen LogP contribution in [0.5, 0.6) is 11.5 Å². The summed E-state index contributed by atoms with van der Waals surface area (Å²) in [5.74, 6) is 1.24. The normalized spacial score (nSPS) is 11.4. The van der Waals surface area contributed by atoms with Crippen LogP contribution in [0.15, 0.2) is 18.2 Å². The standard InChI is InChI=1S/C19H31NO4.C2H6/c1-7-15(4)20(14(2)3)19(21)16-9-10-17(23-6)18(13-16)24-12-8-11-22-5;1-2/h9-10,13-15H,7-8,11-12H2,1-6H3;1-2H3/t15-;/m1./s1. The van der Waals surface area contributed by atoms with Crippen LogP contribution in [0.3, 0.4) is 0 Å². The molecular weight excluding hydrogens is 330 g/mol. The van der Waals surface area contributed by atoms with Crippen LogP contribution >= 0.6 is 0 Å². The maximum Gasteiger partial charge on any atom is 0.254 e. The third kappa shape index (κ3) is 7.24. The summed E-state index contributed by atoms with van der Waals surface area (Å²) in [5.41, 5.74) is 0.617. The second-order valence-corrected chi connectivity index (χ2v) is 6.12. The second-order valence-electron chi connectivity index (χ2n) is 6.12. The average Bonchev–Trinajstić information content (AvgIpc) is 2.66. The Morgan fingerprint density at radius 2 is 1.73 bits per heavy atom. The summed E-state index contributed by atoms with van der Waals surface area (Å²) in [6.45, 7) is 13.4. The minimum atomic E-state index is 0.0174. The van der Waals surface area contributed by atoms with E-state index in [0.29, 0.717) is 30.3 Å². The van der Waals surface area contributed by atoms with Gasteiger partial charge >= 0.3 is 0 Å². The van der Waals surface area contributed by atoms with Crippen LogP contribution in [0.4, 0.5) is 0 Å². The van der Waals surface area contributed by atoms with Crippen molar-refractivity contribution in [2.45, 2.75) is 66.5 Å². The smallest absolute Gasteiger partial charge is 0.254 e. The quantitative estimate of drug-likeness (QED) is 0.558. The summed E-state index contributed by atoms with van der Waals surface area (Å²) in [5, 5.41) is 0. The van der Waals surface area contributed by atoms with Gasteiger partial charge in [0.15, 0.2) is 11.5 Å². The van der Waals surface area contributed by atoms with Gasteiger partial charge in [-0.3, -0.25) is 4.79 Å². The Morgan fingerprint density at radius 3 is 2.23 bits per heavy atom. The first-order chi connectivity index (χ1) is 12.5. The highest BCUT2D eigenvalue weighted by atomic mass is 16.5. The number of rotatable bonds is 10. The minimum absolute atomic E-state index is 0.0174. The summed E-state index contributed by atoms with van der Waals surface area (Å²) in [7, 11) is 3.26. The molecule has 1 rings (SSSR count). The molecule has 0 radical (unpaired) electrons. The van der Waals surface area contributed by atoms with Gasteiger partial charge in [0.05, 0.1) is 13.7 Å². The Labute approximate surface area is 159 Å². The molecule has 26 heavy (non-hydrogen) atoms. The molecule has 5 nitrogen and oxygen atoms in total. The van der Waals surface area contributed by atoms with E-state index in [4.69, 9.17) is 14.2 Å². The maximum atomic E-state index is 12.9. The van der Waals surface area contributed by atoms with Gasteiger partial charge in [0, 0.05) is 37.8 Å². The fourth-order valence-electron chi connectivity index (χ4n) is 2.60. The van der Waals surface area contributed by atoms with Gasteiger partial charge in [-0.15, -0.1) is 0 Å². The molecular formula is C21H37NO4. The Kier molecular flexibility index (Phi) is 12.5. The summed E-state index contributed by atoms with van der Waals surface area (Å²) >= 11 is 0. The van der Waals surface area contributed by atoms with E-state index in [2.05, 4.69) is 13.8 Å². The molecule has 5 heteroatoms. The number of amides is 1. The highest BCUT2D eigenvalue weighted by molar-refractivity contribution is 5.95. The number of benzene rings is 1. The maximum absolute atomic E-state index is 12.9. The highest BCUT2D eigenvalue weighted by Crippen LogP contribution is 2.29. The van der Waals surface area contributed by atoms with Crippen molar-refractivity contribution in [2.24, 2.45) is 0 Å². The zero-order valence-electron chi connectivity index (χ0n) is 17.8. The molecule has 0 N–H and O–H groups in total. The molecule has 0 bridgehead atoms. The molecule has 0 spiro atoms. The summed E-state index contributed by atoms with van der Waals surface area (Å²) in [6.07, 6.45) is 1.70. The third-order valence-electron chi connectivity index (χ3n) is 4.02. The fourth-order valence-corrected chi connectivity index (χ4v) is 2.60. The molecule has 0 fully saturated rings. The molecule has 1 amide bonds. The molecule has 0 unspecified atom stereocenters. The zero-order chi connectivity index (χ0) is 20.1. The average molecular weight is 368 g/mol. The van der Waals surface area contributed by atoms with E-state index >= 15 is 0 Å². The molecule has 0 aromatic heterocycles. The van der Waals surface area contributed by atoms with E-state index in [9.17, 15) is 4.79 Å². The number of ether oxygens (including phenoxy) is 3. The van der Waals surface area contributed by atoms with Gasteiger partial charge in [0.25, 0.3) is 5.91 Å². The highest BCUT2D eigenvalue weighted by Gasteiger charge is 2.24. The summed E-state index contributed by atoms with van der Waals surface area (Å²) in [4.78, 5) is 14.8. The lowest BCUT2D eigenvalue weighted by Gasteiger charge is -2.32. The Bertz CT molecular complexity index is 517. The number of hydrogen-bond acceptors (Lipinski definition) is 4. The van der Waals surface area contributed by atoms with E-state index in [1.807, 2.05) is 32.6 Å². The van der Waals surface area contributed by atoms with Gasteiger partial charge in [-0.25, -0.2) is 0 Å². The van der Waals surface area contributed by atoms with E-state index in [-0.39, 0.29) is 18.0 Å². The number of hydrogen-bond donors (Lipinski definition) is 0. The van der Waals surface area contributed by atoms with Gasteiger partial charge < -0.3 is 19.1 Å². The monoisotopic (exact) mass is 367 g/mol. The first kappa shape index (κ1) is 24.2. The molecule has 1 aromatic carbocycles. The molecule has 0 saturated carbocycles. The lowest BCUT2D eigenvalue weighted by molar-refractivity contribution is 0.0621. The molecule has 0 heterocycles. The third-order valence-corrected chi connectivity index (χ3v) is 4.02. The van der Waals surface area contributed by atoms with E-state index in [1.54, 1.807) is 32.4 Å². The summed E-state index contributed by atoms with van der Waals surface area (Å²) < 4.78 is 16.1. The SMILES string of the molecule is CC.CC[C@@H](C)N(C(=O)c1ccc(OC)c(OCCCOC)c1)C(C)C. The molecule has 1 aromatic rings. The van der Waals surface area contributed by atoms with Crippen LogP contribution < -0.4 is 9.47 Å². The van der Waals surface area contributed by atoms with E-state index in [1.165, 1.54) is 0 Å². The minimum Gasteiger partial charge on any atom is -0.493 e. The lowest BCUT2D eigenvalue weighted by atomic mass is 10.1. The molecule has 1 atom stereocenters. The van der Waals surface area contributed by atoms with Crippen LogP contribution in [0.2, 0.25) is 0 Å². The van der Waals surface area contributed by atoms with Crippen molar-refractivity contribution in [1.82, 2.24) is 4.90 Å². The second kappa shape index (κ2) is 13.5. The van der Waals surface area contributed by atoms with Crippen molar-refractivity contribution in [2.75, 3.05) is 27.4 Å². The van der Waals surface area contributed by atoms with Crippen LogP contribution in [0.25, 0.3) is 0 Å². The Balaban J connectivity index is 0.00000301. The summed E-state index contributed by atoms with van der Waals surface area (Å²) in [6, 6.07) is 5.67. The van der Waals surface area contributed by atoms with Gasteiger partial charge in [0.2, 0.25) is 0 Å². The fraction of sp³-hybridized carbons (Fsp3) is 0.667. The Morgan fingerprint density at radius 1 is 1.08 bits per heavy atom. The predicted molar refractivity (Wildman–Crippen MR) is 107 cm³/mol.